The molecule has 102 valence electrons. The van der Waals surface area contributed by atoms with Gasteiger partial charge in [-0.25, -0.2) is 0 Å². The molecule has 0 bridgehead atoms. The van der Waals surface area contributed by atoms with E-state index in [0.29, 0.717) is 5.03 Å². The summed E-state index contributed by atoms with van der Waals surface area (Å²) in [5, 5.41) is 1.74. The number of allylic oxidation sites excluding steroid dienone is 5. The van der Waals surface area contributed by atoms with Crippen LogP contribution in [-0.2, 0) is 7.05 Å². The van der Waals surface area contributed by atoms with E-state index in [4.69, 9.17) is 11.6 Å². The summed E-state index contributed by atoms with van der Waals surface area (Å²) in [6.45, 7) is 1.88. The highest BCUT2D eigenvalue weighted by Gasteiger charge is 2.02. The van der Waals surface area contributed by atoms with Crippen LogP contribution in [0.1, 0.15) is 12.5 Å². The van der Waals surface area contributed by atoms with Crippen molar-refractivity contribution in [2.24, 2.45) is 7.05 Å². The maximum absolute atomic E-state index is 11.9. The van der Waals surface area contributed by atoms with Crippen molar-refractivity contribution < 1.29 is 0 Å². The molecule has 1 aromatic heterocycles. The minimum atomic E-state index is -0.0150. The topological polar surface area (TPSA) is 22.0 Å². The molecule has 0 aliphatic rings. The van der Waals surface area contributed by atoms with Crippen molar-refractivity contribution in [1.82, 2.24) is 4.57 Å². The van der Waals surface area contributed by atoms with Gasteiger partial charge < -0.3 is 4.57 Å². The molecule has 1 aromatic carbocycles. The quantitative estimate of drug-likeness (QED) is 0.773. The van der Waals surface area contributed by atoms with E-state index in [9.17, 15) is 4.79 Å². The van der Waals surface area contributed by atoms with E-state index in [0.717, 1.165) is 16.5 Å². The number of para-hydroxylation sites is 1. The van der Waals surface area contributed by atoms with E-state index in [1.807, 2.05) is 55.5 Å². The molecule has 0 spiro atoms. The molecular weight excluding hydrogens is 270 g/mol. The molecule has 0 radical (unpaired) electrons. The van der Waals surface area contributed by atoms with Crippen LogP contribution < -0.4 is 5.56 Å². The van der Waals surface area contributed by atoms with Crippen LogP contribution in [0.25, 0.3) is 17.0 Å². The van der Waals surface area contributed by atoms with Crippen LogP contribution in [0.4, 0.5) is 0 Å². The van der Waals surface area contributed by atoms with Gasteiger partial charge in [0.25, 0.3) is 5.56 Å². The summed E-state index contributed by atoms with van der Waals surface area (Å²) in [5.41, 5.74) is 1.82. The predicted molar refractivity (Wildman–Crippen MR) is 87.0 cm³/mol. The molecule has 0 saturated heterocycles. The fraction of sp³-hybridized carbons (Fsp3) is 0.118. The number of nitrogens with zero attached hydrogens (tertiary/aromatic N) is 1. The van der Waals surface area contributed by atoms with Crippen LogP contribution in [0, 0.1) is 0 Å². The van der Waals surface area contributed by atoms with Gasteiger partial charge in [0.1, 0.15) is 0 Å². The number of pyridine rings is 1. The Bertz CT molecular complexity index is 766. The lowest BCUT2D eigenvalue weighted by molar-refractivity contribution is 0.905. The van der Waals surface area contributed by atoms with Gasteiger partial charge in [-0.15, -0.1) is 0 Å². The van der Waals surface area contributed by atoms with Crippen molar-refractivity contribution >= 4 is 28.6 Å². The number of hydrogen-bond acceptors (Lipinski definition) is 1. The zero-order valence-corrected chi connectivity index (χ0v) is 12.3. The second kappa shape index (κ2) is 6.40. The molecule has 0 amide bonds. The Balaban J connectivity index is 2.45. The van der Waals surface area contributed by atoms with Gasteiger partial charge in [-0.05, 0) is 24.6 Å². The van der Waals surface area contributed by atoms with Crippen LogP contribution in [0.3, 0.4) is 0 Å². The lowest BCUT2D eigenvalue weighted by Gasteiger charge is -2.06. The molecule has 0 fully saturated rings. The normalized spacial score (nSPS) is 12.8. The molecule has 0 unspecified atom stereocenters. The van der Waals surface area contributed by atoms with Crippen molar-refractivity contribution in [3.8, 4) is 0 Å². The zero-order valence-electron chi connectivity index (χ0n) is 11.5. The number of aromatic nitrogens is 1. The number of aryl methyl sites for hydroxylation is 1. The van der Waals surface area contributed by atoms with Crippen LogP contribution in [0.15, 0.2) is 64.5 Å². The molecule has 1 heterocycles. The summed E-state index contributed by atoms with van der Waals surface area (Å²) >= 11 is 5.88. The lowest BCUT2D eigenvalue weighted by atomic mass is 10.1. The molecule has 0 aliphatic carbocycles. The van der Waals surface area contributed by atoms with Gasteiger partial charge in [-0.2, -0.15) is 0 Å². The number of rotatable bonds is 3. The molecule has 20 heavy (non-hydrogen) atoms. The highest BCUT2D eigenvalue weighted by molar-refractivity contribution is 6.31. The summed E-state index contributed by atoms with van der Waals surface area (Å²) < 4.78 is 1.65. The Hall–Kier alpha value is -2.06. The third-order valence-electron chi connectivity index (χ3n) is 3.10. The average molecular weight is 286 g/mol. The minimum absolute atomic E-state index is 0.0150. The van der Waals surface area contributed by atoms with Gasteiger partial charge in [-0.3, -0.25) is 4.79 Å². The highest BCUT2D eigenvalue weighted by Crippen LogP contribution is 2.17. The van der Waals surface area contributed by atoms with Crippen molar-refractivity contribution in [1.29, 1.82) is 0 Å². The van der Waals surface area contributed by atoms with Crippen LogP contribution >= 0.6 is 11.6 Å². The van der Waals surface area contributed by atoms with E-state index >= 15 is 0 Å². The zero-order chi connectivity index (χ0) is 14.5. The standard InChI is InChI=1S/C17H16ClNO/c1-3-14(18)9-5-4-8-13-12-17(20)19(2)16-11-7-6-10-15(13)16/h3-12H,1-2H3/b8-4+,9-5-,14-3+. The summed E-state index contributed by atoms with van der Waals surface area (Å²) in [4.78, 5) is 11.9. The van der Waals surface area contributed by atoms with Crippen molar-refractivity contribution in [2.45, 2.75) is 6.92 Å². The highest BCUT2D eigenvalue weighted by atomic mass is 35.5. The Morgan fingerprint density at radius 2 is 2.00 bits per heavy atom. The average Bonchev–Trinajstić information content (AvgIpc) is 2.48. The number of halogens is 1. The fourth-order valence-electron chi connectivity index (χ4n) is 1.98. The van der Waals surface area contributed by atoms with E-state index in [2.05, 4.69) is 0 Å². The summed E-state index contributed by atoms with van der Waals surface area (Å²) in [6.07, 6.45) is 9.28. The Morgan fingerprint density at radius 1 is 1.25 bits per heavy atom. The fourth-order valence-corrected chi connectivity index (χ4v) is 2.05. The molecule has 0 N–H and O–H groups in total. The van der Waals surface area contributed by atoms with Gasteiger partial charge in [0.2, 0.25) is 0 Å². The monoisotopic (exact) mass is 285 g/mol. The second-order valence-electron chi connectivity index (χ2n) is 4.41. The summed E-state index contributed by atoms with van der Waals surface area (Å²) in [7, 11) is 1.78. The van der Waals surface area contributed by atoms with Gasteiger partial charge in [0, 0.05) is 23.5 Å². The minimum Gasteiger partial charge on any atom is -0.311 e. The van der Waals surface area contributed by atoms with E-state index in [-0.39, 0.29) is 5.56 Å². The molecule has 2 rings (SSSR count). The molecule has 0 saturated carbocycles. The molecule has 0 atom stereocenters. The van der Waals surface area contributed by atoms with Gasteiger partial charge in [0.05, 0.1) is 5.52 Å². The van der Waals surface area contributed by atoms with E-state index < -0.39 is 0 Å². The predicted octanol–water partition coefficient (Wildman–Crippen LogP) is 4.25. The third-order valence-corrected chi connectivity index (χ3v) is 3.45. The van der Waals surface area contributed by atoms with E-state index in [1.54, 1.807) is 23.8 Å². The lowest BCUT2D eigenvalue weighted by Crippen LogP contribution is -2.16. The first-order chi connectivity index (χ1) is 9.63. The first-order valence-corrected chi connectivity index (χ1v) is 6.76. The third kappa shape index (κ3) is 3.09. The molecule has 0 aliphatic heterocycles. The maximum atomic E-state index is 11.9. The number of fused-ring (bicyclic) bond motifs is 1. The molecule has 2 nitrogen and oxygen atoms in total. The molecule has 3 heteroatoms. The van der Waals surface area contributed by atoms with E-state index in [1.165, 1.54) is 0 Å². The Labute approximate surface area is 123 Å². The van der Waals surface area contributed by atoms with Crippen molar-refractivity contribution in [3.05, 3.63) is 75.6 Å². The Morgan fingerprint density at radius 3 is 2.75 bits per heavy atom. The summed E-state index contributed by atoms with van der Waals surface area (Å²) in [6, 6.07) is 9.50. The van der Waals surface area contributed by atoms with Gasteiger partial charge in [0.15, 0.2) is 0 Å². The summed E-state index contributed by atoms with van der Waals surface area (Å²) in [5.74, 6) is 0. The van der Waals surface area contributed by atoms with Crippen molar-refractivity contribution in [2.75, 3.05) is 0 Å². The van der Waals surface area contributed by atoms with Crippen LogP contribution in [0.5, 0.6) is 0 Å². The SMILES string of the molecule is C\C=C(Cl)/C=C\C=C\c1cc(=O)n(C)c2ccccc12. The molecule has 2 aromatic rings. The Kier molecular flexibility index (Phi) is 4.59. The molecular formula is C17H16ClNO. The first kappa shape index (κ1) is 14.4. The van der Waals surface area contributed by atoms with Crippen LogP contribution in [0.2, 0.25) is 0 Å². The smallest absolute Gasteiger partial charge is 0.251 e. The number of hydrogen-bond donors (Lipinski definition) is 0. The maximum Gasteiger partial charge on any atom is 0.251 e. The second-order valence-corrected chi connectivity index (χ2v) is 4.84. The van der Waals surface area contributed by atoms with Gasteiger partial charge >= 0.3 is 0 Å². The van der Waals surface area contributed by atoms with Crippen molar-refractivity contribution in [3.63, 3.8) is 0 Å². The van der Waals surface area contributed by atoms with Crippen LogP contribution in [-0.4, -0.2) is 4.57 Å². The van der Waals surface area contributed by atoms with Gasteiger partial charge in [-0.1, -0.05) is 54.1 Å². The number of benzene rings is 1. The largest absolute Gasteiger partial charge is 0.311 e. The first-order valence-electron chi connectivity index (χ1n) is 6.39.